The van der Waals surface area contributed by atoms with Crippen LogP contribution < -0.4 is 10.2 Å². The van der Waals surface area contributed by atoms with E-state index in [1.54, 1.807) is 6.08 Å². The molecule has 9 heteroatoms. The highest BCUT2D eigenvalue weighted by Gasteiger charge is 2.23. The van der Waals surface area contributed by atoms with Crippen LogP contribution in [0.25, 0.3) is 0 Å². The van der Waals surface area contributed by atoms with Crippen molar-refractivity contribution < 1.29 is 32.9 Å². The molecule has 2 N–H and O–H groups in total. The molecule has 8 nitrogen and oxygen atoms in total. The van der Waals surface area contributed by atoms with Crippen LogP contribution in [0.2, 0.25) is 0 Å². The van der Waals surface area contributed by atoms with Crippen molar-refractivity contribution in [2.45, 2.75) is 289 Å². The molecule has 0 bridgehead atoms. The summed E-state index contributed by atoms with van der Waals surface area (Å²) in [4.78, 5) is 25.6. The van der Waals surface area contributed by atoms with Gasteiger partial charge in [0, 0.05) is 6.42 Å². The second-order valence-electron chi connectivity index (χ2n) is 23.4. The Hall–Kier alpha value is -3.10. The van der Waals surface area contributed by atoms with E-state index in [9.17, 15) is 19.4 Å². The number of amides is 1. The van der Waals surface area contributed by atoms with Crippen molar-refractivity contribution in [1.82, 2.24) is 5.32 Å². The van der Waals surface area contributed by atoms with Crippen LogP contribution in [0.4, 0.5) is 0 Å². The topological polar surface area (TPSA) is 108 Å². The normalized spacial score (nSPS) is 14.5. The van der Waals surface area contributed by atoms with Gasteiger partial charge >= 0.3 is 0 Å². The Kier molecular flexibility index (Phi) is 59.1. The lowest BCUT2D eigenvalue weighted by Gasteiger charge is -2.29. The van der Waals surface area contributed by atoms with Crippen LogP contribution in [0, 0.1) is 0 Å². The second-order valence-corrected chi connectivity index (χ2v) is 24.8. The number of nitrogens with one attached hydrogen (secondary N) is 1. The van der Waals surface area contributed by atoms with E-state index in [0.717, 1.165) is 89.9 Å². The lowest BCUT2D eigenvalue weighted by Crippen LogP contribution is -2.45. The number of aliphatic hydroxyl groups is 1. The number of hydrogen-bond donors (Lipinski definition) is 2. The van der Waals surface area contributed by atoms with Crippen molar-refractivity contribution >= 4 is 13.7 Å². The van der Waals surface area contributed by atoms with Crippen molar-refractivity contribution in [1.29, 1.82) is 0 Å². The molecule has 0 aromatic rings. The van der Waals surface area contributed by atoms with Gasteiger partial charge in [0.2, 0.25) is 5.91 Å². The number of rotatable bonds is 60. The van der Waals surface area contributed by atoms with E-state index in [2.05, 4.69) is 129 Å². The fourth-order valence-electron chi connectivity index (χ4n) is 9.25. The van der Waals surface area contributed by atoms with E-state index in [1.807, 2.05) is 27.2 Å². The Labute approximate surface area is 501 Å². The van der Waals surface area contributed by atoms with E-state index >= 15 is 0 Å². The summed E-state index contributed by atoms with van der Waals surface area (Å²) in [6, 6.07) is -0.909. The number of phosphoric ester groups is 1. The first kappa shape index (κ1) is 77.9. The number of nitrogens with zero attached hydrogens (tertiary/aromatic N) is 1. The molecule has 0 saturated heterocycles. The molecule has 0 heterocycles. The maximum atomic E-state index is 13.0. The van der Waals surface area contributed by atoms with Gasteiger partial charge in [-0.05, 0) is 96.3 Å². The third kappa shape index (κ3) is 64.3. The summed E-state index contributed by atoms with van der Waals surface area (Å²) < 4.78 is 23.4. The van der Waals surface area contributed by atoms with Crippen molar-refractivity contribution in [3.05, 3.63) is 122 Å². The minimum atomic E-state index is -4.61. The van der Waals surface area contributed by atoms with Gasteiger partial charge in [0.15, 0.2) is 0 Å². The Morgan fingerprint density at radius 3 is 1.15 bits per heavy atom. The fourth-order valence-corrected chi connectivity index (χ4v) is 9.97. The van der Waals surface area contributed by atoms with Crippen LogP contribution in [0.3, 0.4) is 0 Å². The summed E-state index contributed by atoms with van der Waals surface area (Å²) >= 11 is 0. The summed E-state index contributed by atoms with van der Waals surface area (Å²) in [7, 11) is 1.24. The van der Waals surface area contributed by atoms with E-state index in [1.165, 1.54) is 167 Å². The highest BCUT2D eigenvalue weighted by Crippen LogP contribution is 2.38. The number of unbranched alkanes of at least 4 members (excludes halogenated alkanes) is 29. The Balaban J connectivity index is 4.04. The zero-order valence-corrected chi connectivity index (χ0v) is 54.1. The number of aliphatic hydroxyl groups excluding tert-OH is 1. The highest BCUT2D eigenvalue weighted by molar-refractivity contribution is 7.45. The molecule has 0 aliphatic heterocycles. The first-order valence-corrected chi connectivity index (χ1v) is 34.9. The summed E-state index contributed by atoms with van der Waals surface area (Å²) in [5.41, 5.74) is 0. The molecule has 3 atom stereocenters. The van der Waals surface area contributed by atoms with Crippen LogP contribution in [0.5, 0.6) is 0 Å². The van der Waals surface area contributed by atoms with E-state index in [-0.39, 0.29) is 12.5 Å². The summed E-state index contributed by atoms with van der Waals surface area (Å²) in [6.07, 6.45) is 91.7. The highest BCUT2D eigenvalue weighted by atomic mass is 31.2. The maximum Gasteiger partial charge on any atom is 0.268 e. The lowest BCUT2D eigenvalue weighted by atomic mass is 10.0. The van der Waals surface area contributed by atoms with E-state index in [0.29, 0.717) is 17.4 Å². The van der Waals surface area contributed by atoms with Gasteiger partial charge in [0.05, 0.1) is 39.9 Å². The predicted molar refractivity (Wildman–Crippen MR) is 352 cm³/mol. The SMILES string of the molecule is CC/C=C\C/C=C\C/C=C\C/C=C\C/C=C\C/C=C\C/C=C\C/C=C\CCCCCCCCCCCCCCCCCCC(=O)NC(COP(=O)([O-])OCC[N+](C)(C)C)C(O)/C=C/CC/C=C/CCCCCCCCCCCCCC. The number of allylic oxidation sites excluding steroid dienone is 19. The number of quaternary nitrogens is 1. The molecular weight excluding hydrogens is 1020 g/mol. The summed E-state index contributed by atoms with van der Waals surface area (Å²) in [5, 5.41) is 13.9. The Bertz CT molecular complexity index is 1730. The smallest absolute Gasteiger partial charge is 0.268 e. The van der Waals surface area contributed by atoms with Crippen LogP contribution in [-0.2, 0) is 18.4 Å². The van der Waals surface area contributed by atoms with Gasteiger partial charge < -0.3 is 28.8 Å². The molecule has 0 saturated carbocycles. The number of phosphoric acid groups is 1. The molecule has 0 rings (SSSR count). The largest absolute Gasteiger partial charge is 0.756 e. The van der Waals surface area contributed by atoms with Crippen LogP contribution >= 0.6 is 7.82 Å². The minimum Gasteiger partial charge on any atom is -0.756 e. The number of carbonyl (C=O) groups is 1. The van der Waals surface area contributed by atoms with Crippen molar-refractivity contribution in [2.75, 3.05) is 40.9 Å². The minimum absolute atomic E-state index is 0.00972. The van der Waals surface area contributed by atoms with Crippen LogP contribution in [0.15, 0.2) is 122 Å². The molecule has 0 fully saturated rings. The molecule has 0 aromatic heterocycles. The number of carbonyl (C=O) groups excluding carboxylic acids is 1. The van der Waals surface area contributed by atoms with Gasteiger partial charge in [-0.2, -0.15) is 0 Å². The number of hydrogen-bond acceptors (Lipinski definition) is 6. The molecule has 0 aliphatic carbocycles. The summed E-state index contributed by atoms with van der Waals surface area (Å²) in [6.45, 7) is 4.52. The second kappa shape index (κ2) is 61.5. The van der Waals surface area contributed by atoms with E-state index < -0.39 is 26.6 Å². The van der Waals surface area contributed by atoms with Crippen molar-refractivity contribution in [2.24, 2.45) is 0 Å². The molecule has 3 unspecified atom stereocenters. The average molecular weight is 1150 g/mol. The maximum absolute atomic E-state index is 13.0. The molecule has 0 aromatic carbocycles. The Morgan fingerprint density at radius 2 is 0.765 bits per heavy atom. The summed E-state index contributed by atoms with van der Waals surface area (Å²) in [5.74, 6) is -0.209. The number of likely N-dealkylation sites (N-methyl/N-ethyl adjacent to an activating group) is 1. The third-order valence-corrected chi connectivity index (χ3v) is 15.4. The van der Waals surface area contributed by atoms with Crippen molar-refractivity contribution in [3.63, 3.8) is 0 Å². The first-order chi connectivity index (χ1) is 39.5. The van der Waals surface area contributed by atoms with Gasteiger partial charge in [-0.25, -0.2) is 0 Å². The quantitative estimate of drug-likeness (QED) is 0.0272. The van der Waals surface area contributed by atoms with E-state index in [4.69, 9.17) is 9.05 Å². The molecule has 466 valence electrons. The average Bonchev–Trinajstić information content (AvgIpc) is 3.43. The van der Waals surface area contributed by atoms with Crippen LogP contribution in [0.1, 0.15) is 277 Å². The van der Waals surface area contributed by atoms with Crippen molar-refractivity contribution in [3.8, 4) is 0 Å². The monoisotopic (exact) mass is 1150 g/mol. The fraction of sp³-hybridized carbons (Fsp3) is 0.708. The molecule has 81 heavy (non-hydrogen) atoms. The Morgan fingerprint density at radius 1 is 0.444 bits per heavy atom. The van der Waals surface area contributed by atoms with Gasteiger partial charge in [-0.1, -0.05) is 296 Å². The molecular formula is C72H127N2O6P. The van der Waals surface area contributed by atoms with Gasteiger partial charge in [-0.3, -0.25) is 9.36 Å². The lowest BCUT2D eigenvalue weighted by molar-refractivity contribution is -0.870. The standard InChI is InChI=1S/C72H127N2O6P/c1-6-8-10-12-14-16-18-20-22-24-26-27-28-29-30-31-32-33-34-35-36-37-38-39-40-41-42-43-44-45-46-47-48-50-52-54-56-58-60-62-64-66-72(76)73-70(69-80-81(77,78)79-68-67-74(3,4)5)71(75)65-63-61-59-57-55-53-51-49-25-23-21-19-17-15-13-11-9-7-2/h8,10,14,16,20,22,26-27,29-30,32-33,35-36,38-39,55,57,63,65,70-71,75H,6-7,9,11-13,15,17-19,21,23-25,28,31,34,37,40-54,56,58-62,64,66-69H2,1-5H3,(H-,73,76,77,78)/b10-8-,16-14-,22-20-,27-26-,30-29-,33-32-,36-35-,39-38-,57-55+,65-63+. The van der Waals surface area contributed by atoms with Crippen LogP contribution in [-0.4, -0.2) is 68.5 Å². The zero-order valence-electron chi connectivity index (χ0n) is 53.2. The predicted octanol–water partition coefficient (Wildman–Crippen LogP) is 20.6. The first-order valence-electron chi connectivity index (χ1n) is 33.4. The molecule has 0 spiro atoms. The van der Waals surface area contributed by atoms with Gasteiger partial charge in [0.1, 0.15) is 13.2 Å². The molecule has 0 radical (unpaired) electrons. The van der Waals surface area contributed by atoms with Gasteiger partial charge in [0.25, 0.3) is 7.82 Å². The molecule has 0 aliphatic rings. The third-order valence-electron chi connectivity index (χ3n) is 14.4. The zero-order chi connectivity index (χ0) is 59.1. The van der Waals surface area contributed by atoms with Gasteiger partial charge in [-0.15, -0.1) is 0 Å². The molecule has 1 amide bonds.